The Bertz CT molecular complexity index is 541. The molecular weight excluding hydrogens is 273 g/mol. The minimum Gasteiger partial charge on any atom is -0.494 e. The van der Waals surface area contributed by atoms with E-state index in [0.29, 0.717) is 11.8 Å². The molecule has 0 amide bonds. The lowest BCUT2D eigenvalue weighted by Gasteiger charge is -2.22. The van der Waals surface area contributed by atoms with Crippen LogP contribution in [-0.4, -0.2) is 7.11 Å². The number of methoxy groups -OCH3 is 1. The van der Waals surface area contributed by atoms with Crippen LogP contribution in [0.5, 0.6) is 5.75 Å². The van der Waals surface area contributed by atoms with E-state index in [1.54, 1.807) is 23.5 Å². The van der Waals surface area contributed by atoms with Gasteiger partial charge in [-0.25, -0.2) is 4.39 Å². The quantitative estimate of drug-likeness (QED) is 0.833. The maximum Gasteiger partial charge on any atom is 0.165 e. The smallest absolute Gasteiger partial charge is 0.165 e. The predicted molar refractivity (Wildman–Crippen MR) is 81.9 cm³/mol. The first kappa shape index (κ1) is 15.0. The van der Waals surface area contributed by atoms with E-state index in [-0.39, 0.29) is 11.9 Å². The zero-order chi connectivity index (χ0) is 14.5. The van der Waals surface area contributed by atoms with Crippen molar-refractivity contribution in [3.05, 3.63) is 52.0 Å². The molecule has 20 heavy (non-hydrogen) atoms. The average Bonchev–Trinajstić information content (AvgIpc) is 2.99. The summed E-state index contributed by atoms with van der Waals surface area (Å²) in [6.07, 6.45) is 1.02. The zero-order valence-electron chi connectivity index (χ0n) is 12.0. The van der Waals surface area contributed by atoms with E-state index in [4.69, 9.17) is 4.74 Å². The molecule has 0 fully saturated rings. The van der Waals surface area contributed by atoms with Gasteiger partial charge in [-0.05, 0) is 42.5 Å². The van der Waals surface area contributed by atoms with Crippen LogP contribution in [0.15, 0.2) is 35.7 Å². The van der Waals surface area contributed by atoms with Crippen molar-refractivity contribution in [1.29, 1.82) is 0 Å². The van der Waals surface area contributed by atoms with Crippen molar-refractivity contribution in [3.8, 4) is 5.75 Å². The number of hydrogen-bond donors (Lipinski definition) is 1. The third-order valence-corrected chi connectivity index (χ3v) is 4.41. The summed E-state index contributed by atoms with van der Waals surface area (Å²) in [5.74, 6) is -0.0333. The second-order valence-corrected chi connectivity index (χ2v) is 5.74. The molecular formula is C16H20FNOS. The molecule has 0 saturated carbocycles. The van der Waals surface area contributed by atoms with Crippen molar-refractivity contribution >= 4 is 11.3 Å². The van der Waals surface area contributed by atoms with Crippen LogP contribution in [0.4, 0.5) is 4.39 Å². The second-order valence-electron chi connectivity index (χ2n) is 4.76. The van der Waals surface area contributed by atoms with Gasteiger partial charge in [-0.2, -0.15) is 0 Å². The monoisotopic (exact) mass is 293 g/mol. The Kier molecular flexibility index (Phi) is 5.15. The van der Waals surface area contributed by atoms with Gasteiger partial charge >= 0.3 is 0 Å². The summed E-state index contributed by atoms with van der Waals surface area (Å²) < 4.78 is 18.5. The van der Waals surface area contributed by atoms with Gasteiger partial charge < -0.3 is 10.1 Å². The maximum absolute atomic E-state index is 13.4. The van der Waals surface area contributed by atoms with Crippen LogP contribution in [0.25, 0.3) is 0 Å². The number of halogens is 1. The van der Waals surface area contributed by atoms with Crippen LogP contribution in [0.3, 0.4) is 0 Å². The van der Waals surface area contributed by atoms with Gasteiger partial charge in [-0.15, -0.1) is 11.3 Å². The van der Waals surface area contributed by atoms with Gasteiger partial charge in [0.15, 0.2) is 11.6 Å². The molecule has 2 unspecified atom stereocenters. The third-order valence-electron chi connectivity index (χ3n) is 3.42. The first-order valence-electron chi connectivity index (χ1n) is 6.78. The Labute approximate surface area is 123 Å². The molecule has 0 bridgehead atoms. The number of ether oxygens (including phenoxy) is 1. The van der Waals surface area contributed by atoms with Crippen LogP contribution in [0.1, 0.15) is 42.8 Å². The highest BCUT2D eigenvalue weighted by Gasteiger charge is 2.15. The van der Waals surface area contributed by atoms with Crippen molar-refractivity contribution in [1.82, 2.24) is 5.32 Å². The van der Waals surface area contributed by atoms with Crippen molar-refractivity contribution in [2.45, 2.75) is 32.4 Å². The lowest BCUT2D eigenvalue weighted by molar-refractivity contribution is 0.384. The first-order valence-corrected chi connectivity index (χ1v) is 7.66. The van der Waals surface area contributed by atoms with Crippen LogP contribution < -0.4 is 10.1 Å². The summed E-state index contributed by atoms with van der Waals surface area (Å²) in [4.78, 5) is 1.33. The molecule has 0 aliphatic carbocycles. The molecule has 1 N–H and O–H groups in total. The largest absolute Gasteiger partial charge is 0.494 e. The van der Waals surface area contributed by atoms with Gasteiger partial charge in [-0.1, -0.05) is 19.1 Å². The van der Waals surface area contributed by atoms with Gasteiger partial charge in [0.25, 0.3) is 0 Å². The SMILES string of the molecule is CCC(NC(C)c1ccc(F)c(OC)c1)c1cccs1. The van der Waals surface area contributed by atoms with E-state index >= 15 is 0 Å². The molecule has 0 saturated heterocycles. The van der Waals surface area contributed by atoms with E-state index < -0.39 is 0 Å². The molecule has 2 aromatic rings. The fourth-order valence-corrected chi connectivity index (χ4v) is 3.10. The molecule has 0 aliphatic heterocycles. The van der Waals surface area contributed by atoms with Crippen molar-refractivity contribution in [2.24, 2.45) is 0 Å². The zero-order valence-corrected chi connectivity index (χ0v) is 12.8. The predicted octanol–water partition coefficient (Wildman–Crippen LogP) is 4.70. The van der Waals surface area contributed by atoms with Gasteiger partial charge in [0.1, 0.15) is 0 Å². The highest BCUT2D eigenvalue weighted by Crippen LogP contribution is 2.27. The van der Waals surface area contributed by atoms with E-state index in [2.05, 4.69) is 36.7 Å². The van der Waals surface area contributed by atoms with Crippen LogP contribution in [-0.2, 0) is 0 Å². The molecule has 0 radical (unpaired) electrons. The second kappa shape index (κ2) is 6.86. The Morgan fingerprint density at radius 1 is 1.35 bits per heavy atom. The molecule has 0 aliphatic rings. The highest BCUT2D eigenvalue weighted by molar-refractivity contribution is 7.10. The van der Waals surface area contributed by atoms with Crippen molar-refractivity contribution < 1.29 is 9.13 Å². The maximum atomic E-state index is 13.4. The number of nitrogens with one attached hydrogen (secondary N) is 1. The number of benzene rings is 1. The Morgan fingerprint density at radius 3 is 2.75 bits per heavy atom. The number of hydrogen-bond acceptors (Lipinski definition) is 3. The van der Waals surface area contributed by atoms with Crippen LogP contribution in [0, 0.1) is 5.82 Å². The summed E-state index contributed by atoms with van der Waals surface area (Å²) >= 11 is 1.76. The molecule has 1 heterocycles. The fraction of sp³-hybridized carbons (Fsp3) is 0.375. The van der Waals surface area contributed by atoms with E-state index in [1.165, 1.54) is 18.1 Å². The number of thiophene rings is 1. The van der Waals surface area contributed by atoms with Crippen LogP contribution >= 0.6 is 11.3 Å². The Balaban J connectivity index is 2.13. The standard InChI is InChI=1S/C16H20FNOS/c1-4-14(16-6-5-9-20-16)18-11(2)12-7-8-13(17)15(10-12)19-3/h5-11,14,18H,4H2,1-3H3. The Hall–Kier alpha value is -1.39. The van der Waals surface area contributed by atoms with Gasteiger partial charge in [0, 0.05) is 17.0 Å². The molecule has 108 valence electrons. The summed E-state index contributed by atoms with van der Waals surface area (Å²) in [6, 6.07) is 9.68. The van der Waals surface area contributed by atoms with E-state index in [0.717, 1.165) is 12.0 Å². The minimum absolute atomic E-state index is 0.136. The normalized spacial score (nSPS) is 14.0. The first-order chi connectivity index (χ1) is 9.65. The molecule has 2 atom stereocenters. The molecule has 4 heteroatoms. The highest BCUT2D eigenvalue weighted by atomic mass is 32.1. The summed E-state index contributed by atoms with van der Waals surface area (Å²) in [5, 5.41) is 5.68. The lowest BCUT2D eigenvalue weighted by Crippen LogP contribution is -2.23. The lowest BCUT2D eigenvalue weighted by atomic mass is 10.1. The summed E-state index contributed by atoms with van der Waals surface area (Å²) in [5.41, 5.74) is 1.03. The molecule has 0 spiro atoms. The van der Waals surface area contributed by atoms with Crippen molar-refractivity contribution in [2.75, 3.05) is 7.11 Å². The molecule has 2 nitrogen and oxygen atoms in total. The fourth-order valence-electron chi connectivity index (χ4n) is 2.23. The third kappa shape index (κ3) is 3.38. The molecule has 2 rings (SSSR count). The van der Waals surface area contributed by atoms with Crippen LogP contribution in [0.2, 0.25) is 0 Å². The molecule has 1 aromatic heterocycles. The van der Waals surface area contributed by atoms with Gasteiger partial charge in [0.2, 0.25) is 0 Å². The van der Waals surface area contributed by atoms with E-state index in [9.17, 15) is 4.39 Å². The summed E-state index contributed by atoms with van der Waals surface area (Å²) in [7, 11) is 1.49. The number of rotatable bonds is 6. The van der Waals surface area contributed by atoms with E-state index in [1.807, 2.05) is 0 Å². The molecule has 1 aromatic carbocycles. The van der Waals surface area contributed by atoms with Gasteiger partial charge in [0.05, 0.1) is 7.11 Å². The Morgan fingerprint density at radius 2 is 2.15 bits per heavy atom. The van der Waals surface area contributed by atoms with Crippen molar-refractivity contribution in [3.63, 3.8) is 0 Å². The summed E-state index contributed by atoms with van der Waals surface area (Å²) in [6.45, 7) is 4.25. The van der Waals surface area contributed by atoms with Gasteiger partial charge in [-0.3, -0.25) is 0 Å². The minimum atomic E-state index is -0.325. The topological polar surface area (TPSA) is 21.3 Å². The average molecular weight is 293 g/mol.